The van der Waals surface area contributed by atoms with E-state index in [4.69, 9.17) is 17.2 Å². The Morgan fingerprint density at radius 1 is 1.22 bits per heavy atom. The summed E-state index contributed by atoms with van der Waals surface area (Å²) in [4.78, 5) is 10.6. The Balaban J connectivity index is 1.50. The molecule has 0 amide bonds. The SMILES string of the molecule is Cc1ccc2nc([C@@H]3CCCN(C(=S)Nc4cccc(C)c4C)C3)[nH]c2c1. The maximum atomic E-state index is 5.73. The summed E-state index contributed by atoms with van der Waals surface area (Å²) in [6, 6.07) is 12.7. The fourth-order valence-corrected chi connectivity index (χ4v) is 4.08. The lowest BCUT2D eigenvalue weighted by atomic mass is 9.98. The minimum absolute atomic E-state index is 0.379. The predicted molar refractivity (Wildman–Crippen MR) is 117 cm³/mol. The Hall–Kier alpha value is -2.40. The van der Waals surface area contributed by atoms with Gasteiger partial charge in [0.1, 0.15) is 5.82 Å². The van der Waals surface area contributed by atoms with Crippen molar-refractivity contribution in [2.45, 2.75) is 39.5 Å². The second kappa shape index (κ2) is 7.31. The van der Waals surface area contributed by atoms with E-state index in [0.29, 0.717) is 5.92 Å². The van der Waals surface area contributed by atoms with Gasteiger partial charge in [-0.1, -0.05) is 18.2 Å². The number of hydrogen-bond acceptors (Lipinski definition) is 2. The highest BCUT2D eigenvalue weighted by Gasteiger charge is 2.25. The molecule has 1 saturated heterocycles. The van der Waals surface area contributed by atoms with Gasteiger partial charge >= 0.3 is 0 Å². The van der Waals surface area contributed by atoms with Gasteiger partial charge in [0.15, 0.2) is 5.11 Å². The van der Waals surface area contributed by atoms with Crippen molar-refractivity contribution in [3.8, 4) is 0 Å². The number of aromatic nitrogens is 2. The number of benzene rings is 2. The number of likely N-dealkylation sites (tertiary alicyclic amines) is 1. The molecular formula is C22H26N4S. The van der Waals surface area contributed by atoms with Crippen LogP contribution < -0.4 is 5.32 Å². The Kier molecular flexibility index (Phi) is 4.87. The number of imidazole rings is 1. The van der Waals surface area contributed by atoms with Crippen LogP contribution in [0.15, 0.2) is 36.4 Å². The molecule has 1 aliphatic rings. The summed E-state index contributed by atoms with van der Waals surface area (Å²) in [5, 5.41) is 4.26. The lowest BCUT2D eigenvalue weighted by Crippen LogP contribution is -2.41. The maximum Gasteiger partial charge on any atom is 0.173 e. The van der Waals surface area contributed by atoms with Crippen molar-refractivity contribution in [3.63, 3.8) is 0 Å². The van der Waals surface area contributed by atoms with Crippen molar-refractivity contribution < 1.29 is 0 Å². The predicted octanol–water partition coefficient (Wildman–Crippen LogP) is 5.06. The molecule has 4 rings (SSSR count). The van der Waals surface area contributed by atoms with E-state index in [2.05, 4.69) is 72.4 Å². The molecule has 0 unspecified atom stereocenters. The number of aromatic amines is 1. The van der Waals surface area contributed by atoms with Crippen LogP contribution in [0.1, 0.15) is 41.3 Å². The quantitative estimate of drug-likeness (QED) is 0.612. The molecule has 27 heavy (non-hydrogen) atoms. The largest absolute Gasteiger partial charge is 0.348 e. The molecule has 1 atom stereocenters. The van der Waals surface area contributed by atoms with Crippen LogP contribution in [-0.2, 0) is 0 Å². The number of hydrogen-bond donors (Lipinski definition) is 2. The van der Waals surface area contributed by atoms with Crippen molar-refractivity contribution in [1.29, 1.82) is 0 Å². The summed E-state index contributed by atoms with van der Waals surface area (Å²) in [7, 11) is 0. The number of thiocarbonyl (C=S) groups is 1. The normalized spacial score (nSPS) is 17.3. The summed E-state index contributed by atoms with van der Waals surface area (Å²) in [6.07, 6.45) is 2.26. The molecule has 1 aromatic heterocycles. The minimum Gasteiger partial charge on any atom is -0.348 e. The molecule has 0 saturated carbocycles. The highest BCUT2D eigenvalue weighted by molar-refractivity contribution is 7.80. The molecule has 0 bridgehead atoms. The number of H-pyrrole nitrogens is 1. The van der Waals surface area contributed by atoms with Crippen LogP contribution in [0, 0.1) is 20.8 Å². The van der Waals surface area contributed by atoms with Crippen molar-refractivity contribution in [2.24, 2.45) is 0 Å². The van der Waals surface area contributed by atoms with Gasteiger partial charge in [-0.2, -0.15) is 0 Å². The Labute approximate surface area is 166 Å². The van der Waals surface area contributed by atoms with Gasteiger partial charge in [0.2, 0.25) is 0 Å². The number of fused-ring (bicyclic) bond motifs is 1. The second-order valence-electron chi connectivity index (χ2n) is 7.61. The van der Waals surface area contributed by atoms with Gasteiger partial charge in [0.05, 0.1) is 11.0 Å². The Bertz CT molecular complexity index is 991. The fraction of sp³-hybridized carbons (Fsp3) is 0.364. The van der Waals surface area contributed by atoms with Crippen LogP contribution in [0.2, 0.25) is 0 Å². The monoisotopic (exact) mass is 378 g/mol. The fourth-order valence-electron chi connectivity index (χ4n) is 3.80. The third-order valence-corrected chi connectivity index (χ3v) is 5.96. The third-order valence-electron chi connectivity index (χ3n) is 5.60. The van der Waals surface area contributed by atoms with Gasteiger partial charge in [0.25, 0.3) is 0 Å². The standard InChI is InChI=1S/C22H26N4S/c1-14-9-10-19-20(12-14)24-21(23-19)17-7-5-11-26(13-17)22(27)25-18-8-4-6-15(2)16(18)3/h4,6,8-10,12,17H,5,7,11,13H2,1-3H3,(H,23,24)(H,25,27)/t17-/m1/s1. The first kappa shape index (κ1) is 18.0. The third kappa shape index (κ3) is 3.69. The van der Waals surface area contributed by atoms with Gasteiger partial charge in [-0.25, -0.2) is 4.98 Å². The van der Waals surface area contributed by atoms with Crippen molar-refractivity contribution >= 4 is 34.1 Å². The van der Waals surface area contributed by atoms with E-state index in [-0.39, 0.29) is 0 Å². The molecule has 0 radical (unpaired) electrons. The average Bonchev–Trinajstić information content (AvgIpc) is 3.09. The average molecular weight is 379 g/mol. The summed E-state index contributed by atoms with van der Waals surface area (Å²) >= 11 is 5.73. The molecule has 140 valence electrons. The van der Waals surface area contributed by atoms with Crippen LogP contribution in [0.4, 0.5) is 5.69 Å². The number of rotatable bonds is 2. The van der Waals surface area contributed by atoms with Gasteiger partial charge in [-0.3, -0.25) is 0 Å². The van der Waals surface area contributed by atoms with E-state index in [1.54, 1.807) is 0 Å². The van der Waals surface area contributed by atoms with E-state index in [0.717, 1.165) is 53.6 Å². The zero-order valence-corrected chi connectivity index (χ0v) is 17.0. The highest BCUT2D eigenvalue weighted by atomic mass is 32.1. The molecule has 2 heterocycles. The van der Waals surface area contributed by atoms with Crippen LogP contribution in [0.3, 0.4) is 0 Å². The van der Waals surface area contributed by atoms with Gasteiger partial charge in [0, 0.05) is 24.7 Å². The van der Waals surface area contributed by atoms with Crippen LogP contribution in [0.5, 0.6) is 0 Å². The molecular weight excluding hydrogens is 352 g/mol. The van der Waals surface area contributed by atoms with E-state index in [1.807, 2.05) is 0 Å². The zero-order chi connectivity index (χ0) is 19.0. The molecule has 0 aliphatic carbocycles. The molecule has 3 aromatic rings. The summed E-state index contributed by atoms with van der Waals surface area (Å²) in [5.41, 5.74) is 7.04. The Morgan fingerprint density at radius 2 is 2.07 bits per heavy atom. The van der Waals surface area contributed by atoms with Crippen molar-refractivity contribution in [1.82, 2.24) is 14.9 Å². The minimum atomic E-state index is 0.379. The topological polar surface area (TPSA) is 44.0 Å². The van der Waals surface area contributed by atoms with E-state index in [9.17, 15) is 0 Å². The molecule has 1 aliphatic heterocycles. The summed E-state index contributed by atoms with van der Waals surface area (Å²) in [6.45, 7) is 8.27. The van der Waals surface area contributed by atoms with E-state index < -0.39 is 0 Å². The zero-order valence-electron chi connectivity index (χ0n) is 16.2. The van der Waals surface area contributed by atoms with Gasteiger partial charge in [-0.15, -0.1) is 0 Å². The molecule has 4 nitrogen and oxygen atoms in total. The van der Waals surface area contributed by atoms with Gasteiger partial charge < -0.3 is 15.2 Å². The highest BCUT2D eigenvalue weighted by Crippen LogP contribution is 2.28. The Morgan fingerprint density at radius 3 is 2.93 bits per heavy atom. The number of anilines is 1. The van der Waals surface area contributed by atoms with Crippen LogP contribution in [-0.4, -0.2) is 33.1 Å². The number of nitrogens with one attached hydrogen (secondary N) is 2. The van der Waals surface area contributed by atoms with E-state index >= 15 is 0 Å². The molecule has 2 N–H and O–H groups in total. The first-order chi connectivity index (χ1) is 13.0. The molecule has 2 aromatic carbocycles. The van der Waals surface area contributed by atoms with Crippen LogP contribution >= 0.6 is 12.2 Å². The lowest BCUT2D eigenvalue weighted by Gasteiger charge is -2.34. The number of aryl methyl sites for hydroxylation is 2. The second-order valence-corrected chi connectivity index (χ2v) is 7.99. The first-order valence-electron chi connectivity index (χ1n) is 9.59. The van der Waals surface area contributed by atoms with Crippen LogP contribution in [0.25, 0.3) is 11.0 Å². The first-order valence-corrected chi connectivity index (χ1v) is 10.0. The van der Waals surface area contributed by atoms with Gasteiger partial charge in [-0.05, 0) is 80.7 Å². The summed E-state index contributed by atoms with van der Waals surface area (Å²) in [5.74, 6) is 1.46. The number of nitrogens with zero attached hydrogens (tertiary/aromatic N) is 2. The molecule has 5 heteroatoms. The maximum absolute atomic E-state index is 5.73. The van der Waals surface area contributed by atoms with Crippen molar-refractivity contribution in [2.75, 3.05) is 18.4 Å². The lowest BCUT2D eigenvalue weighted by molar-refractivity contribution is 0.307. The van der Waals surface area contributed by atoms with Crippen molar-refractivity contribution in [3.05, 3.63) is 58.9 Å². The smallest absolute Gasteiger partial charge is 0.173 e. The van der Waals surface area contributed by atoms with E-state index in [1.165, 1.54) is 16.7 Å². The number of piperidine rings is 1. The molecule has 0 spiro atoms. The summed E-state index contributed by atoms with van der Waals surface area (Å²) < 4.78 is 0. The molecule has 1 fully saturated rings.